The van der Waals surface area contributed by atoms with Crippen LogP contribution in [0.3, 0.4) is 0 Å². The fraction of sp³-hybridized carbons (Fsp3) is 0.625. The largest absolute Gasteiger partial charge is 0.494 e. The molecular weight excluding hydrogens is 336 g/mol. The molecule has 0 bridgehead atoms. The molecule has 0 atom stereocenters. The van der Waals surface area contributed by atoms with Crippen molar-refractivity contribution in [2.75, 3.05) is 32.8 Å². The van der Waals surface area contributed by atoms with Crippen molar-refractivity contribution in [2.45, 2.75) is 31.6 Å². The van der Waals surface area contributed by atoms with Crippen LogP contribution in [0.5, 0.6) is 5.75 Å². The van der Waals surface area contributed by atoms with Crippen molar-refractivity contribution < 1.29 is 13.2 Å². The molecule has 1 heterocycles. The lowest BCUT2D eigenvalue weighted by Crippen LogP contribution is -2.40. The number of piperidine rings is 1. The Bertz CT molecular complexity index is 555. The Hall–Kier alpha value is -0.820. The Balaban J connectivity index is 0.00000264. The quantitative estimate of drug-likeness (QED) is 0.809. The fourth-order valence-electron chi connectivity index (χ4n) is 2.73. The van der Waals surface area contributed by atoms with Crippen molar-refractivity contribution in [3.8, 4) is 5.75 Å². The summed E-state index contributed by atoms with van der Waals surface area (Å²) in [5.74, 6) is 1.28. The lowest BCUT2D eigenvalue weighted by molar-refractivity contribution is 0.268. The molecule has 5 nitrogen and oxygen atoms in total. The zero-order valence-electron chi connectivity index (χ0n) is 13.8. The van der Waals surface area contributed by atoms with E-state index in [-0.39, 0.29) is 12.4 Å². The van der Waals surface area contributed by atoms with Crippen LogP contribution in [0, 0.1) is 5.92 Å². The first-order valence-corrected chi connectivity index (χ1v) is 9.45. The van der Waals surface area contributed by atoms with E-state index in [0.29, 0.717) is 36.3 Å². The molecule has 1 aliphatic rings. The highest BCUT2D eigenvalue weighted by molar-refractivity contribution is 7.89. The van der Waals surface area contributed by atoms with Gasteiger partial charge < -0.3 is 10.1 Å². The number of nitrogens with one attached hydrogen (secondary N) is 1. The summed E-state index contributed by atoms with van der Waals surface area (Å²) in [6.45, 7) is 7.72. The number of rotatable bonds is 7. The minimum atomic E-state index is -3.38. The molecule has 1 aliphatic heterocycles. The maximum absolute atomic E-state index is 12.6. The van der Waals surface area contributed by atoms with Crippen molar-refractivity contribution in [3.05, 3.63) is 24.3 Å². The first kappa shape index (κ1) is 20.2. The van der Waals surface area contributed by atoms with Gasteiger partial charge in [0.05, 0.1) is 11.5 Å². The predicted molar refractivity (Wildman–Crippen MR) is 94.9 cm³/mol. The Morgan fingerprint density at radius 2 is 1.78 bits per heavy atom. The average Bonchev–Trinajstić information content (AvgIpc) is 2.54. The standard InChI is InChI=1S/C16H26N2O3S.ClH/c1-3-17-13-14-9-11-18(12-10-14)22(19,20)16-7-5-15(6-8-16)21-4-2;/h5-8,14,17H,3-4,9-13H2,1-2H3;1H. The van der Waals surface area contributed by atoms with Crippen LogP contribution in [0.15, 0.2) is 29.2 Å². The number of hydrogen-bond acceptors (Lipinski definition) is 4. The maximum Gasteiger partial charge on any atom is 0.243 e. The van der Waals surface area contributed by atoms with Crippen LogP contribution < -0.4 is 10.1 Å². The van der Waals surface area contributed by atoms with Gasteiger partial charge in [0.15, 0.2) is 0 Å². The molecule has 0 aromatic heterocycles. The molecule has 1 fully saturated rings. The van der Waals surface area contributed by atoms with E-state index in [1.807, 2.05) is 6.92 Å². The second-order valence-corrected chi connectivity index (χ2v) is 7.50. The molecule has 23 heavy (non-hydrogen) atoms. The van der Waals surface area contributed by atoms with Gasteiger partial charge in [0.25, 0.3) is 0 Å². The third-order valence-corrected chi connectivity index (χ3v) is 5.94. The summed E-state index contributed by atoms with van der Waals surface area (Å²) < 4.78 is 32.3. The Labute approximate surface area is 145 Å². The first-order chi connectivity index (χ1) is 10.6. The second-order valence-electron chi connectivity index (χ2n) is 5.56. The predicted octanol–water partition coefficient (Wildman–Crippen LogP) is 2.52. The van der Waals surface area contributed by atoms with Crippen LogP contribution in [-0.4, -0.2) is 45.5 Å². The minimum Gasteiger partial charge on any atom is -0.494 e. The van der Waals surface area contributed by atoms with Crippen LogP contribution in [0.2, 0.25) is 0 Å². The monoisotopic (exact) mass is 362 g/mol. The van der Waals surface area contributed by atoms with Gasteiger partial charge in [-0.3, -0.25) is 0 Å². The van der Waals surface area contributed by atoms with Crippen LogP contribution in [-0.2, 0) is 10.0 Å². The molecule has 1 aromatic rings. The molecule has 7 heteroatoms. The van der Waals surface area contributed by atoms with Gasteiger partial charge in [-0.25, -0.2) is 8.42 Å². The van der Waals surface area contributed by atoms with E-state index in [2.05, 4.69) is 12.2 Å². The Morgan fingerprint density at radius 1 is 1.17 bits per heavy atom. The van der Waals surface area contributed by atoms with Crippen LogP contribution >= 0.6 is 12.4 Å². The third kappa shape index (κ3) is 5.35. The summed E-state index contributed by atoms with van der Waals surface area (Å²) in [5, 5.41) is 3.34. The normalized spacial score (nSPS) is 16.8. The van der Waals surface area contributed by atoms with Gasteiger partial charge in [-0.2, -0.15) is 4.31 Å². The van der Waals surface area contributed by atoms with Crippen molar-refractivity contribution in [2.24, 2.45) is 5.92 Å². The molecule has 0 unspecified atom stereocenters. The van der Waals surface area contributed by atoms with Gasteiger partial charge in [0, 0.05) is 13.1 Å². The van der Waals surface area contributed by atoms with E-state index < -0.39 is 10.0 Å². The van der Waals surface area contributed by atoms with E-state index in [1.54, 1.807) is 28.6 Å². The van der Waals surface area contributed by atoms with Gasteiger partial charge in [-0.15, -0.1) is 12.4 Å². The van der Waals surface area contributed by atoms with Gasteiger partial charge in [-0.05, 0) is 63.0 Å². The molecule has 1 saturated heterocycles. The van der Waals surface area contributed by atoms with Gasteiger partial charge >= 0.3 is 0 Å². The number of benzene rings is 1. The molecule has 0 aliphatic carbocycles. The van der Waals surface area contributed by atoms with Crippen LogP contribution in [0.25, 0.3) is 0 Å². The van der Waals surface area contributed by atoms with E-state index >= 15 is 0 Å². The smallest absolute Gasteiger partial charge is 0.243 e. The summed E-state index contributed by atoms with van der Waals surface area (Å²) in [6, 6.07) is 6.69. The number of nitrogens with zero attached hydrogens (tertiary/aromatic N) is 1. The maximum atomic E-state index is 12.6. The molecule has 132 valence electrons. The molecule has 0 radical (unpaired) electrons. The van der Waals surface area contributed by atoms with E-state index in [0.717, 1.165) is 25.9 Å². The highest BCUT2D eigenvalue weighted by atomic mass is 35.5. The van der Waals surface area contributed by atoms with E-state index in [4.69, 9.17) is 4.74 Å². The zero-order chi connectivity index (χ0) is 16.0. The number of hydrogen-bond donors (Lipinski definition) is 1. The van der Waals surface area contributed by atoms with Crippen LogP contribution in [0.1, 0.15) is 26.7 Å². The van der Waals surface area contributed by atoms with Crippen molar-refractivity contribution in [1.29, 1.82) is 0 Å². The number of halogens is 1. The zero-order valence-corrected chi connectivity index (χ0v) is 15.5. The molecular formula is C16H27ClN2O3S. The first-order valence-electron chi connectivity index (χ1n) is 8.01. The van der Waals surface area contributed by atoms with Gasteiger partial charge in [-0.1, -0.05) is 6.92 Å². The SMILES string of the molecule is CCNCC1CCN(S(=O)(=O)c2ccc(OCC)cc2)CC1.Cl. The van der Waals surface area contributed by atoms with E-state index in [1.165, 1.54) is 0 Å². The average molecular weight is 363 g/mol. The Morgan fingerprint density at radius 3 is 2.30 bits per heavy atom. The lowest BCUT2D eigenvalue weighted by atomic mass is 9.98. The van der Waals surface area contributed by atoms with Crippen molar-refractivity contribution in [3.63, 3.8) is 0 Å². The highest BCUT2D eigenvalue weighted by Gasteiger charge is 2.29. The highest BCUT2D eigenvalue weighted by Crippen LogP contribution is 2.24. The molecule has 1 N–H and O–H groups in total. The summed E-state index contributed by atoms with van der Waals surface area (Å²) in [5.41, 5.74) is 0. The second kappa shape index (κ2) is 9.47. The van der Waals surface area contributed by atoms with Gasteiger partial charge in [0.1, 0.15) is 5.75 Å². The summed E-state index contributed by atoms with van der Waals surface area (Å²) in [7, 11) is -3.38. The molecule has 1 aromatic carbocycles. The number of ether oxygens (including phenoxy) is 1. The molecule has 0 spiro atoms. The van der Waals surface area contributed by atoms with Crippen LogP contribution in [0.4, 0.5) is 0 Å². The van der Waals surface area contributed by atoms with Crippen molar-refractivity contribution in [1.82, 2.24) is 9.62 Å². The third-order valence-electron chi connectivity index (χ3n) is 4.03. The summed E-state index contributed by atoms with van der Waals surface area (Å²) in [6.07, 6.45) is 1.84. The molecule has 0 saturated carbocycles. The lowest BCUT2D eigenvalue weighted by Gasteiger charge is -2.31. The molecule has 0 amide bonds. The fourth-order valence-corrected chi connectivity index (χ4v) is 4.20. The van der Waals surface area contributed by atoms with E-state index in [9.17, 15) is 8.42 Å². The minimum absolute atomic E-state index is 0. The molecule has 2 rings (SSSR count). The summed E-state index contributed by atoms with van der Waals surface area (Å²) in [4.78, 5) is 0.348. The topological polar surface area (TPSA) is 58.6 Å². The van der Waals surface area contributed by atoms with Crippen molar-refractivity contribution >= 4 is 22.4 Å². The number of sulfonamides is 1. The Kier molecular flexibility index (Phi) is 8.33. The summed E-state index contributed by atoms with van der Waals surface area (Å²) >= 11 is 0. The van der Waals surface area contributed by atoms with Gasteiger partial charge in [0.2, 0.25) is 10.0 Å².